The van der Waals surface area contributed by atoms with Crippen molar-refractivity contribution < 1.29 is 4.39 Å². The molecule has 2 N–H and O–H groups in total. The molecule has 0 aromatic heterocycles. The first-order valence-electron chi connectivity index (χ1n) is 7.24. The van der Waals surface area contributed by atoms with Crippen molar-refractivity contribution in [1.29, 1.82) is 0 Å². The van der Waals surface area contributed by atoms with Crippen LogP contribution in [0.15, 0.2) is 18.2 Å². The molecule has 2 fully saturated rings. The summed E-state index contributed by atoms with van der Waals surface area (Å²) >= 11 is 0. The van der Waals surface area contributed by atoms with E-state index in [4.69, 9.17) is 5.73 Å². The van der Waals surface area contributed by atoms with Crippen LogP contribution in [0.2, 0.25) is 0 Å². The van der Waals surface area contributed by atoms with Crippen LogP contribution in [0.25, 0.3) is 0 Å². The lowest BCUT2D eigenvalue weighted by Crippen LogP contribution is -2.24. The van der Waals surface area contributed by atoms with Gasteiger partial charge >= 0.3 is 0 Å². The summed E-state index contributed by atoms with van der Waals surface area (Å²) in [5, 5.41) is 0. The fourth-order valence-corrected chi connectivity index (χ4v) is 3.17. The van der Waals surface area contributed by atoms with Gasteiger partial charge in [-0.15, -0.1) is 0 Å². The molecule has 0 saturated heterocycles. The van der Waals surface area contributed by atoms with E-state index in [9.17, 15) is 4.39 Å². The second kappa shape index (κ2) is 4.65. The van der Waals surface area contributed by atoms with Gasteiger partial charge in [0.1, 0.15) is 5.82 Å². The van der Waals surface area contributed by atoms with Gasteiger partial charge in [-0.3, -0.25) is 0 Å². The first-order valence-corrected chi connectivity index (χ1v) is 7.24. The molecule has 0 amide bonds. The van der Waals surface area contributed by atoms with E-state index in [0.29, 0.717) is 5.92 Å². The van der Waals surface area contributed by atoms with Crippen molar-refractivity contribution in [3.63, 3.8) is 0 Å². The Morgan fingerprint density at radius 2 is 1.89 bits per heavy atom. The molecular formula is C16H22FN. The molecule has 98 valence electrons. The highest BCUT2D eigenvalue weighted by Gasteiger charge is 2.38. The van der Waals surface area contributed by atoms with Gasteiger partial charge in [0.15, 0.2) is 0 Å². The Balaban J connectivity index is 1.75. The molecule has 0 spiro atoms. The van der Waals surface area contributed by atoms with Gasteiger partial charge in [-0.2, -0.15) is 0 Å². The number of hydrogen-bond acceptors (Lipinski definition) is 1. The van der Waals surface area contributed by atoms with E-state index in [1.165, 1.54) is 19.3 Å². The van der Waals surface area contributed by atoms with E-state index < -0.39 is 0 Å². The maximum Gasteiger partial charge on any atom is 0.126 e. The van der Waals surface area contributed by atoms with Gasteiger partial charge in [0.2, 0.25) is 0 Å². The third-order valence-electron chi connectivity index (χ3n) is 4.56. The lowest BCUT2D eigenvalue weighted by atomic mass is 9.83. The number of rotatable bonds is 3. The van der Waals surface area contributed by atoms with E-state index in [2.05, 4.69) is 6.07 Å². The van der Waals surface area contributed by atoms with Crippen LogP contribution in [0.1, 0.15) is 62.0 Å². The van der Waals surface area contributed by atoms with Crippen LogP contribution in [0.3, 0.4) is 0 Å². The standard InChI is InChI=1S/C16H22FN/c17-15-10-12(11-16(18)8-9-16)6-7-14(15)13-4-2-1-3-5-13/h6-7,10,13H,1-5,8-9,11,18H2. The summed E-state index contributed by atoms with van der Waals surface area (Å²) in [6.45, 7) is 0. The summed E-state index contributed by atoms with van der Waals surface area (Å²) in [6.07, 6.45) is 9.10. The summed E-state index contributed by atoms with van der Waals surface area (Å²) in [4.78, 5) is 0. The molecular weight excluding hydrogens is 225 g/mol. The van der Waals surface area contributed by atoms with Gasteiger partial charge < -0.3 is 5.73 Å². The fourth-order valence-electron chi connectivity index (χ4n) is 3.17. The summed E-state index contributed by atoms with van der Waals surface area (Å²) in [6, 6.07) is 5.81. The first-order chi connectivity index (χ1) is 8.66. The minimum atomic E-state index is -0.0290. The lowest BCUT2D eigenvalue weighted by Gasteiger charge is -2.22. The number of halogens is 1. The van der Waals surface area contributed by atoms with E-state index >= 15 is 0 Å². The first kappa shape index (κ1) is 12.2. The van der Waals surface area contributed by atoms with Crippen LogP contribution in [-0.4, -0.2) is 5.54 Å². The highest BCUT2D eigenvalue weighted by molar-refractivity contribution is 5.29. The monoisotopic (exact) mass is 247 g/mol. The van der Waals surface area contributed by atoms with Gasteiger partial charge in [0.05, 0.1) is 0 Å². The Kier molecular flexibility index (Phi) is 3.14. The van der Waals surface area contributed by atoms with Crippen LogP contribution in [0.4, 0.5) is 4.39 Å². The third kappa shape index (κ3) is 2.59. The second-order valence-corrected chi connectivity index (χ2v) is 6.23. The van der Waals surface area contributed by atoms with Crippen LogP contribution >= 0.6 is 0 Å². The van der Waals surface area contributed by atoms with Crippen molar-refractivity contribution in [3.8, 4) is 0 Å². The molecule has 2 aliphatic carbocycles. The second-order valence-electron chi connectivity index (χ2n) is 6.23. The van der Waals surface area contributed by atoms with Crippen molar-refractivity contribution in [1.82, 2.24) is 0 Å². The van der Waals surface area contributed by atoms with Crippen LogP contribution < -0.4 is 5.73 Å². The lowest BCUT2D eigenvalue weighted by molar-refractivity contribution is 0.429. The molecule has 1 aromatic carbocycles. The zero-order valence-electron chi connectivity index (χ0n) is 10.9. The molecule has 1 aromatic rings. The van der Waals surface area contributed by atoms with Crippen molar-refractivity contribution in [3.05, 3.63) is 35.1 Å². The third-order valence-corrected chi connectivity index (χ3v) is 4.56. The van der Waals surface area contributed by atoms with Gasteiger partial charge in [-0.1, -0.05) is 31.4 Å². The van der Waals surface area contributed by atoms with Crippen LogP contribution in [-0.2, 0) is 6.42 Å². The van der Waals surface area contributed by atoms with E-state index in [1.54, 1.807) is 6.07 Å². The highest BCUT2D eigenvalue weighted by atomic mass is 19.1. The molecule has 0 aliphatic heterocycles. The molecule has 2 heteroatoms. The summed E-state index contributed by atoms with van der Waals surface area (Å²) in [5.41, 5.74) is 8.05. The normalized spacial score (nSPS) is 23.0. The van der Waals surface area contributed by atoms with Crippen molar-refractivity contribution in [2.45, 2.75) is 62.8 Å². The summed E-state index contributed by atoms with van der Waals surface area (Å²) < 4.78 is 14.2. The molecule has 2 aliphatic rings. The smallest absolute Gasteiger partial charge is 0.126 e. The Hall–Kier alpha value is -0.890. The number of benzene rings is 1. The van der Waals surface area contributed by atoms with E-state index in [1.807, 2.05) is 6.07 Å². The molecule has 0 unspecified atom stereocenters. The minimum absolute atomic E-state index is 0.0105. The highest BCUT2D eigenvalue weighted by Crippen LogP contribution is 2.37. The number of nitrogens with two attached hydrogens (primary N) is 1. The largest absolute Gasteiger partial charge is 0.325 e. The van der Waals surface area contributed by atoms with Gasteiger partial charge in [0.25, 0.3) is 0 Å². The van der Waals surface area contributed by atoms with E-state index in [0.717, 1.165) is 43.2 Å². The maximum atomic E-state index is 14.2. The average Bonchev–Trinajstić information content (AvgIpc) is 3.08. The average molecular weight is 247 g/mol. The fraction of sp³-hybridized carbons (Fsp3) is 0.625. The Morgan fingerprint density at radius 3 is 2.50 bits per heavy atom. The summed E-state index contributed by atoms with van der Waals surface area (Å²) in [7, 11) is 0. The molecule has 0 bridgehead atoms. The molecule has 18 heavy (non-hydrogen) atoms. The van der Waals surface area contributed by atoms with Gasteiger partial charge in [-0.25, -0.2) is 4.39 Å². The predicted octanol–water partition coefficient (Wildman–Crippen LogP) is 3.91. The molecule has 0 atom stereocenters. The molecule has 1 nitrogen and oxygen atoms in total. The van der Waals surface area contributed by atoms with E-state index in [-0.39, 0.29) is 11.4 Å². The van der Waals surface area contributed by atoms with Gasteiger partial charge in [0, 0.05) is 5.54 Å². The Labute approximate surface area is 109 Å². The van der Waals surface area contributed by atoms with Crippen LogP contribution in [0, 0.1) is 5.82 Å². The zero-order valence-corrected chi connectivity index (χ0v) is 10.9. The maximum absolute atomic E-state index is 14.2. The quantitative estimate of drug-likeness (QED) is 0.861. The Bertz CT molecular complexity index is 431. The number of hydrogen-bond donors (Lipinski definition) is 1. The van der Waals surface area contributed by atoms with Crippen molar-refractivity contribution >= 4 is 0 Å². The molecule has 0 heterocycles. The Morgan fingerprint density at radius 1 is 1.17 bits per heavy atom. The topological polar surface area (TPSA) is 26.0 Å². The minimum Gasteiger partial charge on any atom is -0.325 e. The molecule has 2 saturated carbocycles. The molecule has 3 rings (SSSR count). The summed E-state index contributed by atoms with van der Waals surface area (Å²) in [5.74, 6) is 0.434. The predicted molar refractivity (Wildman–Crippen MR) is 72.1 cm³/mol. The zero-order chi connectivity index (χ0) is 12.6. The SMILES string of the molecule is NC1(Cc2ccc(C3CCCCC3)c(F)c2)CC1. The van der Waals surface area contributed by atoms with Crippen molar-refractivity contribution in [2.75, 3.05) is 0 Å². The van der Waals surface area contributed by atoms with Crippen molar-refractivity contribution in [2.24, 2.45) is 5.73 Å². The van der Waals surface area contributed by atoms with Crippen LogP contribution in [0.5, 0.6) is 0 Å². The molecule has 0 radical (unpaired) electrons. The van der Waals surface area contributed by atoms with Gasteiger partial charge in [-0.05, 0) is 55.2 Å².